The van der Waals surface area contributed by atoms with E-state index in [9.17, 15) is 0 Å². The van der Waals surface area contributed by atoms with Gasteiger partial charge in [0.15, 0.2) is 0 Å². The van der Waals surface area contributed by atoms with Crippen molar-refractivity contribution in [2.75, 3.05) is 9.80 Å². The lowest BCUT2D eigenvalue weighted by Crippen LogP contribution is -2.16. The maximum absolute atomic E-state index is 2.41. The summed E-state index contributed by atoms with van der Waals surface area (Å²) in [5, 5.41) is 2.56. The molecule has 10 rings (SSSR count). The van der Waals surface area contributed by atoms with Crippen LogP contribution in [0.2, 0.25) is 0 Å². The molecular weight excluding hydrogens is 649 g/mol. The predicted molar refractivity (Wildman–Crippen MR) is 220 cm³/mol. The van der Waals surface area contributed by atoms with Gasteiger partial charge in [0, 0.05) is 54.4 Å². The van der Waals surface area contributed by atoms with Crippen LogP contribution >= 0.6 is 11.8 Å². The van der Waals surface area contributed by atoms with Gasteiger partial charge in [-0.25, -0.2) is 0 Å². The molecule has 0 amide bonds. The summed E-state index contributed by atoms with van der Waals surface area (Å²) in [5.74, 6) is 0. The Hall–Kier alpha value is -6.03. The Labute approximate surface area is 309 Å². The van der Waals surface area contributed by atoms with Crippen molar-refractivity contribution < 1.29 is 0 Å². The van der Waals surface area contributed by atoms with Gasteiger partial charge in [0.05, 0.1) is 5.69 Å². The zero-order valence-corrected chi connectivity index (χ0v) is 29.9. The number of anilines is 6. The molecule has 1 heterocycles. The fourth-order valence-electron chi connectivity index (χ4n) is 8.37. The Morgan fingerprint density at radius 3 is 1.63 bits per heavy atom. The van der Waals surface area contributed by atoms with E-state index < -0.39 is 0 Å². The maximum Gasteiger partial charge on any atom is 0.0540 e. The van der Waals surface area contributed by atoms with Crippen LogP contribution in [0, 0.1) is 0 Å². The summed E-state index contributed by atoms with van der Waals surface area (Å²) in [4.78, 5) is 7.34. The highest BCUT2D eigenvalue weighted by atomic mass is 32.2. The first-order valence-electron chi connectivity index (χ1n) is 17.9. The Kier molecular flexibility index (Phi) is 7.12. The van der Waals surface area contributed by atoms with Crippen LogP contribution in [0.5, 0.6) is 0 Å². The van der Waals surface area contributed by atoms with Crippen molar-refractivity contribution in [2.45, 2.75) is 29.1 Å². The van der Waals surface area contributed by atoms with Crippen molar-refractivity contribution in [1.82, 2.24) is 0 Å². The molecule has 1 aliphatic carbocycles. The standard InChI is InChI=1S/C49H36N2S/c1-49(2)43-23-13-12-21-38(43)39-27-25-36(31-44(39)49)50(33-15-6-3-7-16-33)37-26-28-40-41-29-30-45(42-22-14-24-46(48(41)42)52-47(40)32-37)51(34-17-8-4-9-18-34)35-19-10-5-11-20-35/h3-32H,1-2H3. The Morgan fingerprint density at radius 2 is 0.942 bits per heavy atom. The molecule has 0 atom stereocenters. The van der Waals surface area contributed by atoms with Crippen molar-refractivity contribution in [1.29, 1.82) is 0 Å². The molecule has 0 aromatic heterocycles. The molecule has 0 bridgehead atoms. The van der Waals surface area contributed by atoms with Crippen LogP contribution < -0.4 is 9.80 Å². The SMILES string of the molecule is CC1(C)c2ccccc2-c2ccc(N(c3ccccc3)c3ccc4c(c3)Sc3cccc5c(N(c6ccccc6)c6ccccc6)ccc-4c35)cc21. The Morgan fingerprint density at radius 1 is 0.385 bits per heavy atom. The summed E-state index contributed by atoms with van der Waals surface area (Å²) in [6, 6.07) is 66.4. The van der Waals surface area contributed by atoms with Crippen LogP contribution in [0.1, 0.15) is 25.0 Å². The first kappa shape index (κ1) is 30.8. The van der Waals surface area contributed by atoms with Crippen LogP contribution in [0.3, 0.4) is 0 Å². The third kappa shape index (κ3) is 4.81. The summed E-state index contributed by atoms with van der Waals surface area (Å²) < 4.78 is 0. The minimum Gasteiger partial charge on any atom is -0.310 e. The van der Waals surface area contributed by atoms with Crippen molar-refractivity contribution in [3.8, 4) is 22.3 Å². The summed E-state index contributed by atoms with van der Waals surface area (Å²) in [7, 11) is 0. The molecule has 0 saturated heterocycles. The van der Waals surface area contributed by atoms with Crippen LogP contribution in [0.25, 0.3) is 33.0 Å². The van der Waals surface area contributed by atoms with Crippen LogP contribution in [-0.2, 0) is 5.41 Å². The quantitative estimate of drug-likeness (QED) is 0.172. The van der Waals surface area contributed by atoms with E-state index in [1.165, 1.54) is 65.3 Å². The zero-order valence-electron chi connectivity index (χ0n) is 29.1. The minimum absolute atomic E-state index is 0.0755. The van der Waals surface area contributed by atoms with Crippen LogP contribution in [0.4, 0.5) is 34.1 Å². The molecule has 0 radical (unpaired) electrons. The Balaban J connectivity index is 1.10. The molecule has 52 heavy (non-hydrogen) atoms. The van der Waals surface area contributed by atoms with Crippen molar-refractivity contribution >= 4 is 56.7 Å². The normalized spacial score (nSPS) is 13.3. The predicted octanol–water partition coefficient (Wildman–Crippen LogP) is 14.2. The van der Waals surface area contributed by atoms with E-state index in [-0.39, 0.29) is 5.41 Å². The average molecular weight is 685 g/mol. The van der Waals surface area contributed by atoms with E-state index in [0.29, 0.717) is 0 Å². The van der Waals surface area contributed by atoms with Gasteiger partial charge in [-0.05, 0) is 106 Å². The zero-order chi connectivity index (χ0) is 34.8. The molecule has 0 spiro atoms. The van der Waals surface area contributed by atoms with E-state index in [2.05, 4.69) is 206 Å². The molecule has 2 nitrogen and oxygen atoms in total. The second-order valence-electron chi connectivity index (χ2n) is 14.2. The Bertz CT molecular complexity index is 2590. The highest BCUT2D eigenvalue weighted by Crippen LogP contribution is 2.54. The lowest BCUT2D eigenvalue weighted by molar-refractivity contribution is 0.660. The lowest BCUT2D eigenvalue weighted by atomic mass is 9.82. The first-order chi connectivity index (χ1) is 25.6. The number of para-hydroxylation sites is 3. The molecule has 0 saturated carbocycles. The van der Waals surface area contributed by atoms with E-state index in [0.717, 1.165) is 22.7 Å². The molecule has 1 aliphatic heterocycles. The minimum atomic E-state index is -0.0755. The van der Waals surface area contributed by atoms with E-state index in [1.54, 1.807) is 0 Å². The molecule has 248 valence electrons. The third-order valence-electron chi connectivity index (χ3n) is 10.8. The molecular formula is C49H36N2S. The van der Waals surface area contributed by atoms with Crippen LogP contribution in [-0.4, -0.2) is 0 Å². The summed E-state index contributed by atoms with van der Waals surface area (Å²) in [6.07, 6.45) is 0. The number of hydrogen-bond acceptors (Lipinski definition) is 3. The van der Waals surface area contributed by atoms with Gasteiger partial charge in [0.25, 0.3) is 0 Å². The van der Waals surface area contributed by atoms with Crippen molar-refractivity contribution in [2.24, 2.45) is 0 Å². The largest absolute Gasteiger partial charge is 0.310 e. The molecule has 8 aromatic carbocycles. The maximum atomic E-state index is 2.41. The molecule has 0 unspecified atom stereocenters. The van der Waals surface area contributed by atoms with Gasteiger partial charge < -0.3 is 9.80 Å². The number of nitrogens with zero attached hydrogens (tertiary/aromatic N) is 2. The summed E-state index contributed by atoms with van der Waals surface area (Å²) in [5.41, 5.74) is 14.8. The highest BCUT2D eigenvalue weighted by molar-refractivity contribution is 7.99. The van der Waals surface area contributed by atoms with Gasteiger partial charge in [-0.3, -0.25) is 0 Å². The van der Waals surface area contributed by atoms with Gasteiger partial charge >= 0.3 is 0 Å². The first-order valence-corrected chi connectivity index (χ1v) is 18.8. The highest BCUT2D eigenvalue weighted by Gasteiger charge is 2.36. The van der Waals surface area contributed by atoms with Crippen molar-refractivity contribution in [3.63, 3.8) is 0 Å². The smallest absolute Gasteiger partial charge is 0.0540 e. The van der Waals surface area contributed by atoms with Gasteiger partial charge in [0.2, 0.25) is 0 Å². The number of benzene rings is 8. The molecule has 0 fully saturated rings. The second-order valence-corrected chi connectivity index (χ2v) is 15.3. The number of fused-ring (bicyclic) bond motifs is 5. The van der Waals surface area contributed by atoms with E-state index >= 15 is 0 Å². The number of rotatable bonds is 6. The molecule has 0 N–H and O–H groups in total. The fourth-order valence-corrected chi connectivity index (χ4v) is 9.55. The van der Waals surface area contributed by atoms with E-state index in [4.69, 9.17) is 0 Å². The fraction of sp³-hybridized carbons (Fsp3) is 0.0612. The number of hydrogen-bond donors (Lipinski definition) is 0. The summed E-state index contributed by atoms with van der Waals surface area (Å²) >= 11 is 1.88. The van der Waals surface area contributed by atoms with Gasteiger partial charge in [-0.15, -0.1) is 0 Å². The second kappa shape index (κ2) is 12.0. The molecule has 8 aromatic rings. The monoisotopic (exact) mass is 684 g/mol. The third-order valence-corrected chi connectivity index (χ3v) is 11.9. The van der Waals surface area contributed by atoms with Gasteiger partial charge in [-0.1, -0.05) is 135 Å². The molecule has 2 aliphatic rings. The average Bonchev–Trinajstić information content (AvgIpc) is 3.42. The lowest BCUT2D eigenvalue weighted by Gasteiger charge is -2.30. The van der Waals surface area contributed by atoms with Crippen molar-refractivity contribution in [3.05, 3.63) is 193 Å². The topological polar surface area (TPSA) is 6.48 Å². The summed E-state index contributed by atoms with van der Waals surface area (Å²) in [6.45, 7) is 4.71. The van der Waals surface area contributed by atoms with Crippen LogP contribution in [0.15, 0.2) is 192 Å². The van der Waals surface area contributed by atoms with Gasteiger partial charge in [-0.2, -0.15) is 0 Å². The van der Waals surface area contributed by atoms with Gasteiger partial charge in [0.1, 0.15) is 0 Å². The van der Waals surface area contributed by atoms with E-state index in [1.807, 2.05) is 11.8 Å². The molecule has 3 heteroatoms.